The van der Waals surface area contributed by atoms with Gasteiger partial charge in [0.2, 0.25) is 0 Å². The molecule has 1 aliphatic carbocycles. The largest absolute Gasteiger partial charge is 0.336 e. The zero-order valence-electron chi connectivity index (χ0n) is 12.5. The first kappa shape index (κ1) is 15.3. The second-order valence-corrected chi connectivity index (χ2v) is 7.58. The zero-order chi connectivity index (χ0) is 14.0. The van der Waals surface area contributed by atoms with Crippen LogP contribution in [0.15, 0.2) is 0 Å². The van der Waals surface area contributed by atoms with Crippen LogP contribution in [-0.4, -0.2) is 23.7 Å². The Labute approximate surface area is 111 Å². The summed E-state index contributed by atoms with van der Waals surface area (Å²) in [5, 5.41) is 5.79. The van der Waals surface area contributed by atoms with E-state index in [0.29, 0.717) is 12.0 Å². The van der Waals surface area contributed by atoms with Crippen molar-refractivity contribution in [1.82, 2.24) is 10.6 Å². The Morgan fingerprint density at radius 3 is 2.11 bits per heavy atom. The minimum Gasteiger partial charge on any atom is -0.336 e. The zero-order valence-corrected chi connectivity index (χ0v) is 12.5. The molecule has 0 atom stereocenters. The maximum absolute atomic E-state index is 11.7. The summed E-state index contributed by atoms with van der Waals surface area (Å²) in [6.07, 6.45) is 4.23. The standard InChI is InChI=1S/C14H29N3O/c1-12(2,3)17-11(18)16-10-14(15)8-6-13(4,5)7-9-14/h6-10,15H2,1-5H3,(H2,16,17,18). The van der Waals surface area contributed by atoms with Crippen LogP contribution in [-0.2, 0) is 0 Å². The van der Waals surface area contributed by atoms with E-state index in [4.69, 9.17) is 5.73 Å². The van der Waals surface area contributed by atoms with Crippen molar-refractivity contribution in [2.45, 2.75) is 71.4 Å². The van der Waals surface area contributed by atoms with E-state index in [9.17, 15) is 4.79 Å². The molecule has 0 aromatic heterocycles. The minimum atomic E-state index is -0.231. The van der Waals surface area contributed by atoms with Crippen molar-refractivity contribution in [2.24, 2.45) is 11.1 Å². The smallest absolute Gasteiger partial charge is 0.315 e. The number of carbonyl (C=O) groups is 1. The molecule has 0 radical (unpaired) electrons. The van der Waals surface area contributed by atoms with Gasteiger partial charge in [0, 0.05) is 17.6 Å². The van der Waals surface area contributed by atoms with E-state index in [1.165, 1.54) is 0 Å². The summed E-state index contributed by atoms with van der Waals surface area (Å²) in [4.78, 5) is 11.7. The molecule has 2 amide bonds. The summed E-state index contributed by atoms with van der Waals surface area (Å²) in [7, 11) is 0. The third kappa shape index (κ3) is 5.25. The molecule has 1 fully saturated rings. The Bertz CT molecular complexity index is 295. The lowest BCUT2D eigenvalue weighted by Gasteiger charge is -2.41. The van der Waals surface area contributed by atoms with Gasteiger partial charge in [0.15, 0.2) is 0 Å². The number of hydrogen-bond acceptors (Lipinski definition) is 2. The maximum Gasteiger partial charge on any atom is 0.315 e. The molecule has 18 heavy (non-hydrogen) atoms. The summed E-state index contributed by atoms with van der Waals surface area (Å²) in [6.45, 7) is 11.0. The Kier molecular flexibility index (Phi) is 4.31. The van der Waals surface area contributed by atoms with Crippen molar-refractivity contribution in [1.29, 1.82) is 0 Å². The Balaban J connectivity index is 2.37. The van der Waals surface area contributed by atoms with Crippen LogP contribution in [0.1, 0.15) is 60.3 Å². The van der Waals surface area contributed by atoms with E-state index < -0.39 is 0 Å². The molecule has 106 valence electrons. The fourth-order valence-corrected chi connectivity index (χ4v) is 2.24. The van der Waals surface area contributed by atoms with Crippen LogP contribution < -0.4 is 16.4 Å². The van der Waals surface area contributed by atoms with Gasteiger partial charge in [-0.25, -0.2) is 4.79 Å². The van der Waals surface area contributed by atoms with E-state index in [2.05, 4.69) is 24.5 Å². The number of nitrogens with one attached hydrogen (secondary N) is 2. The lowest BCUT2D eigenvalue weighted by Crippen LogP contribution is -2.56. The average Bonchev–Trinajstić information content (AvgIpc) is 2.18. The summed E-state index contributed by atoms with van der Waals surface area (Å²) < 4.78 is 0. The predicted molar refractivity (Wildman–Crippen MR) is 75.5 cm³/mol. The average molecular weight is 255 g/mol. The molecule has 0 aromatic carbocycles. The maximum atomic E-state index is 11.7. The van der Waals surface area contributed by atoms with Gasteiger partial charge in [-0.15, -0.1) is 0 Å². The molecule has 1 aliphatic rings. The normalized spacial score (nSPS) is 22.3. The van der Waals surface area contributed by atoms with Crippen molar-refractivity contribution >= 4 is 6.03 Å². The highest BCUT2D eigenvalue weighted by Gasteiger charge is 2.35. The van der Waals surface area contributed by atoms with Crippen LogP contribution in [0.2, 0.25) is 0 Å². The van der Waals surface area contributed by atoms with Gasteiger partial charge in [-0.1, -0.05) is 13.8 Å². The number of urea groups is 1. The minimum absolute atomic E-state index is 0.128. The van der Waals surface area contributed by atoms with Crippen LogP contribution in [0.5, 0.6) is 0 Å². The quantitative estimate of drug-likeness (QED) is 0.709. The molecule has 1 saturated carbocycles. The first-order valence-corrected chi connectivity index (χ1v) is 6.86. The van der Waals surface area contributed by atoms with E-state index >= 15 is 0 Å². The molecule has 0 bridgehead atoms. The lowest BCUT2D eigenvalue weighted by atomic mass is 9.70. The highest BCUT2D eigenvalue weighted by molar-refractivity contribution is 5.74. The molecule has 0 unspecified atom stereocenters. The number of amides is 2. The van der Waals surface area contributed by atoms with E-state index in [-0.39, 0.29) is 17.1 Å². The molecular weight excluding hydrogens is 226 g/mol. The summed E-state index contributed by atoms with van der Waals surface area (Å²) in [5.74, 6) is 0. The number of rotatable bonds is 2. The van der Waals surface area contributed by atoms with Crippen molar-refractivity contribution in [3.8, 4) is 0 Å². The van der Waals surface area contributed by atoms with Crippen LogP contribution in [0.25, 0.3) is 0 Å². The highest BCUT2D eigenvalue weighted by Crippen LogP contribution is 2.38. The summed E-state index contributed by atoms with van der Waals surface area (Å²) in [5.41, 5.74) is 6.31. The molecule has 0 aromatic rings. The molecule has 4 heteroatoms. The van der Waals surface area contributed by atoms with Gasteiger partial charge in [-0.3, -0.25) is 0 Å². The van der Waals surface area contributed by atoms with E-state index in [1.54, 1.807) is 0 Å². The fourth-order valence-electron chi connectivity index (χ4n) is 2.24. The van der Waals surface area contributed by atoms with Gasteiger partial charge in [0.05, 0.1) is 0 Å². The summed E-state index contributed by atoms with van der Waals surface area (Å²) >= 11 is 0. The van der Waals surface area contributed by atoms with Gasteiger partial charge in [-0.05, 0) is 51.9 Å². The van der Waals surface area contributed by atoms with Crippen molar-refractivity contribution in [2.75, 3.05) is 6.54 Å². The van der Waals surface area contributed by atoms with Gasteiger partial charge in [0.1, 0.15) is 0 Å². The highest BCUT2D eigenvalue weighted by atomic mass is 16.2. The van der Waals surface area contributed by atoms with Crippen LogP contribution >= 0.6 is 0 Å². The Hall–Kier alpha value is -0.770. The molecule has 4 nitrogen and oxygen atoms in total. The molecule has 0 heterocycles. The van der Waals surface area contributed by atoms with Gasteiger partial charge in [-0.2, -0.15) is 0 Å². The monoisotopic (exact) mass is 255 g/mol. The second-order valence-electron chi connectivity index (χ2n) is 7.58. The molecule has 4 N–H and O–H groups in total. The Morgan fingerprint density at radius 2 is 1.67 bits per heavy atom. The van der Waals surface area contributed by atoms with Crippen LogP contribution in [0.3, 0.4) is 0 Å². The Morgan fingerprint density at radius 1 is 1.17 bits per heavy atom. The van der Waals surface area contributed by atoms with Gasteiger partial charge < -0.3 is 16.4 Å². The molecular formula is C14H29N3O. The van der Waals surface area contributed by atoms with Gasteiger partial charge >= 0.3 is 6.03 Å². The SMILES string of the molecule is CC1(C)CCC(N)(CNC(=O)NC(C)(C)C)CC1. The van der Waals surface area contributed by atoms with Crippen molar-refractivity contribution < 1.29 is 4.79 Å². The van der Waals surface area contributed by atoms with Crippen molar-refractivity contribution in [3.63, 3.8) is 0 Å². The third-order valence-corrected chi connectivity index (χ3v) is 3.69. The third-order valence-electron chi connectivity index (χ3n) is 3.69. The topological polar surface area (TPSA) is 67.1 Å². The molecule has 0 aliphatic heterocycles. The first-order valence-electron chi connectivity index (χ1n) is 6.86. The lowest BCUT2D eigenvalue weighted by molar-refractivity contribution is 0.162. The van der Waals surface area contributed by atoms with E-state index in [0.717, 1.165) is 25.7 Å². The first-order chi connectivity index (χ1) is 8.02. The summed E-state index contributed by atoms with van der Waals surface area (Å²) in [6, 6.07) is -0.128. The van der Waals surface area contributed by atoms with Crippen LogP contribution in [0.4, 0.5) is 4.79 Å². The van der Waals surface area contributed by atoms with Crippen molar-refractivity contribution in [3.05, 3.63) is 0 Å². The molecule has 0 spiro atoms. The number of hydrogen-bond donors (Lipinski definition) is 3. The van der Waals surface area contributed by atoms with Crippen LogP contribution in [0, 0.1) is 5.41 Å². The second kappa shape index (κ2) is 5.08. The van der Waals surface area contributed by atoms with Gasteiger partial charge in [0.25, 0.3) is 0 Å². The fraction of sp³-hybridized carbons (Fsp3) is 0.929. The predicted octanol–water partition coefficient (Wildman–Crippen LogP) is 2.38. The molecule has 1 rings (SSSR count). The van der Waals surface area contributed by atoms with E-state index in [1.807, 2.05) is 20.8 Å². The molecule has 0 saturated heterocycles. The number of nitrogens with two attached hydrogens (primary N) is 1. The number of carbonyl (C=O) groups excluding carboxylic acids is 1.